The zero-order valence-corrected chi connectivity index (χ0v) is 14.5. The van der Waals surface area contributed by atoms with Crippen LogP contribution in [0.3, 0.4) is 0 Å². The standard InChI is InChI=1S/C18H24N4O2/c1-4-13-9-21(10-16(13)20(2)3)17(23)11-22-12-19-15-8-6-5-7-14(15)18(22)24/h5-8,12-13,16H,4,9-11H2,1-3H3/t13-,16+/m0/s1. The molecule has 1 aliphatic heterocycles. The lowest BCUT2D eigenvalue weighted by atomic mass is 10.0. The van der Waals surface area contributed by atoms with Crippen LogP contribution in [0.2, 0.25) is 0 Å². The van der Waals surface area contributed by atoms with Gasteiger partial charge in [0.15, 0.2) is 0 Å². The van der Waals surface area contributed by atoms with Crippen molar-refractivity contribution < 1.29 is 4.79 Å². The molecular weight excluding hydrogens is 304 g/mol. The molecule has 0 aliphatic carbocycles. The minimum atomic E-state index is -0.163. The molecule has 24 heavy (non-hydrogen) atoms. The number of amides is 1. The van der Waals surface area contributed by atoms with Crippen LogP contribution in [-0.2, 0) is 11.3 Å². The minimum absolute atomic E-state index is 0.0167. The van der Waals surface area contributed by atoms with Gasteiger partial charge in [0.1, 0.15) is 6.54 Å². The van der Waals surface area contributed by atoms with E-state index in [-0.39, 0.29) is 18.0 Å². The summed E-state index contributed by atoms with van der Waals surface area (Å²) in [6, 6.07) is 7.59. The number of carbonyl (C=O) groups is 1. The molecule has 0 spiro atoms. The number of nitrogens with zero attached hydrogens (tertiary/aromatic N) is 4. The van der Waals surface area contributed by atoms with Gasteiger partial charge in [-0.25, -0.2) is 4.98 Å². The summed E-state index contributed by atoms with van der Waals surface area (Å²) in [4.78, 5) is 33.5. The Morgan fingerprint density at radius 1 is 1.29 bits per heavy atom. The van der Waals surface area contributed by atoms with Crippen LogP contribution in [0.1, 0.15) is 13.3 Å². The molecule has 0 bridgehead atoms. The fourth-order valence-electron chi connectivity index (χ4n) is 3.51. The molecule has 2 atom stereocenters. The number of rotatable bonds is 4. The highest BCUT2D eigenvalue weighted by Crippen LogP contribution is 2.23. The van der Waals surface area contributed by atoms with E-state index in [1.165, 1.54) is 10.9 Å². The number of carbonyl (C=O) groups excluding carboxylic acids is 1. The molecule has 1 saturated heterocycles. The van der Waals surface area contributed by atoms with Gasteiger partial charge in [-0.15, -0.1) is 0 Å². The van der Waals surface area contributed by atoms with E-state index in [2.05, 4.69) is 30.9 Å². The van der Waals surface area contributed by atoms with E-state index in [1.807, 2.05) is 17.0 Å². The van der Waals surface area contributed by atoms with Gasteiger partial charge in [-0.2, -0.15) is 0 Å². The lowest BCUT2D eigenvalue weighted by Crippen LogP contribution is -2.38. The fraction of sp³-hybridized carbons (Fsp3) is 0.500. The normalized spacial score (nSPS) is 20.9. The maximum Gasteiger partial charge on any atom is 0.261 e. The largest absolute Gasteiger partial charge is 0.339 e. The zero-order valence-electron chi connectivity index (χ0n) is 14.5. The van der Waals surface area contributed by atoms with Crippen molar-refractivity contribution in [1.82, 2.24) is 19.4 Å². The molecule has 2 aromatic rings. The maximum absolute atomic E-state index is 12.7. The third-order valence-electron chi connectivity index (χ3n) is 4.98. The highest BCUT2D eigenvalue weighted by Gasteiger charge is 2.35. The minimum Gasteiger partial charge on any atom is -0.339 e. The predicted octanol–water partition coefficient (Wildman–Crippen LogP) is 1.20. The Labute approximate surface area is 141 Å². The Kier molecular flexibility index (Phi) is 4.66. The van der Waals surface area contributed by atoms with Gasteiger partial charge in [0.2, 0.25) is 5.91 Å². The van der Waals surface area contributed by atoms with E-state index in [4.69, 9.17) is 0 Å². The summed E-state index contributed by atoms with van der Waals surface area (Å²) in [5.41, 5.74) is 0.496. The van der Waals surface area contributed by atoms with Crippen LogP contribution >= 0.6 is 0 Å². The van der Waals surface area contributed by atoms with Crippen molar-refractivity contribution in [3.63, 3.8) is 0 Å². The molecule has 6 heteroatoms. The highest BCUT2D eigenvalue weighted by atomic mass is 16.2. The predicted molar refractivity (Wildman–Crippen MR) is 93.8 cm³/mol. The van der Waals surface area contributed by atoms with Gasteiger partial charge in [-0.1, -0.05) is 25.5 Å². The SMILES string of the molecule is CC[C@H]1CN(C(=O)Cn2cnc3ccccc3c2=O)C[C@H]1N(C)C. The summed E-state index contributed by atoms with van der Waals surface area (Å²) in [5, 5.41) is 0.548. The lowest BCUT2D eigenvalue weighted by Gasteiger charge is -2.23. The first kappa shape index (κ1) is 16.6. The molecule has 3 rings (SSSR count). The summed E-state index contributed by atoms with van der Waals surface area (Å²) in [7, 11) is 4.11. The van der Waals surface area contributed by atoms with Crippen molar-refractivity contribution in [2.24, 2.45) is 5.92 Å². The number of likely N-dealkylation sites (N-methyl/N-ethyl adjacent to an activating group) is 1. The van der Waals surface area contributed by atoms with Crippen LogP contribution in [0.25, 0.3) is 10.9 Å². The van der Waals surface area contributed by atoms with Gasteiger partial charge in [-0.05, 0) is 32.1 Å². The van der Waals surface area contributed by atoms with Crippen LogP contribution in [0.5, 0.6) is 0 Å². The molecule has 0 unspecified atom stereocenters. The average Bonchev–Trinajstić information content (AvgIpc) is 3.02. The van der Waals surface area contributed by atoms with Crippen molar-refractivity contribution in [2.75, 3.05) is 27.2 Å². The van der Waals surface area contributed by atoms with Gasteiger partial charge in [0.05, 0.1) is 17.2 Å². The van der Waals surface area contributed by atoms with Crippen molar-refractivity contribution in [1.29, 1.82) is 0 Å². The Hall–Kier alpha value is -2.21. The van der Waals surface area contributed by atoms with E-state index in [9.17, 15) is 9.59 Å². The van der Waals surface area contributed by atoms with Crippen LogP contribution < -0.4 is 5.56 Å². The molecule has 1 fully saturated rings. The number of benzene rings is 1. The first-order valence-corrected chi connectivity index (χ1v) is 8.39. The lowest BCUT2D eigenvalue weighted by molar-refractivity contribution is -0.131. The Morgan fingerprint density at radius 2 is 2.04 bits per heavy atom. The third kappa shape index (κ3) is 3.06. The quantitative estimate of drug-likeness (QED) is 0.846. The summed E-state index contributed by atoms with van der Waals surface area (Å²) >= 11 is 0. The molecule has 2 heterocycles. The third-order valence-corrected chi connectivity index (χ3v) is 4.98. The van der Waals surface area contributed by atoms with Gasteiger partial charge in [-0.3, -0.25) is 14.2 Å². The van der Waals surface area contributed by atoms with E-state index < -0.39 is 0 Å². The fourth-order valence-corrected chi connectivity index (χ4v) is 3.51. The summed E-state index contributed by atoms with van der Waals surface area (Å²) in [6.45, 7) is 3.69. The molecule has 0 radical (unpaired) electrons. The van der Waals surface area contributed by atoms with Crippen LogP contribution in [0, 0.1) is 5.92 Å². The van der Waals surface area contributed by atoms with Gasteiger partial charge in [0, 0.05) is 19.1 Å². The molecule has 128 valence electrons. The summed E-state index contributed by atoms with van der Waals surface area (Å²) < 4.78 is 1.41. The first-order chi connectivity index (χ1) is 11.5. The van der Waals surface area contributed by atoms with Crippen molar-refractivity contribution in [3.8, 4) is 0 Å². The van der Waals surface area contributed by atoms with Crippen molar-refractivity contribution in [2.45, 2.75) is 25.9 Å². The molecule has 1 aromatic carbocycles. The van der Waals surface area contributed by atoms with Crippen LogP contribution in [-0.4, -0.2) is 58.5 Å². The van der Waals surface area contributed by atoms with Crippen molar-refractivity contribution >= 4 is 16.8 Å². The van der Waals surface area contributed by atoms with Crippen molar-refractivity contribution in [3.05, 3.63) is 40.9 Å². The number of hydrogen-bond donors (Lipinski definition) is 0. The molecule has 0 N–H and O–H groups in total. The smallest absolute Gasteiger partial charge is 0.261 e. The topological polar surface area (TPSA) is 58.4 Å². The molecule has 1 aliphatic rings. The van der Waals surface area contributed by atoms with Gasteiger partial charge >= 0.3 is 0 Å². The Balaban J connectivity index is 1.78. The average molecular weight is 328 g/mol. The second kappa shape index (κ2) is 6.73. The monoisotopic (exact) mass is 328 g/mol. The number of fused-ring (bicyclic) bond motifs is 1. The number of aromatic nitrogens is 2. The number of likely N-dealkylation sites (tertiary alicyclic amines) is 1. The molecule has 6 nitrogen and oxygen atoms in total. The molecular formula is C18H24N4O2. The summed E-state index contributed by atoms with van der Waals surface area (Å²) in [6.07, 6.45) is 2.52. The Morgan fingerprint density at radius 3 is 2.71 bits per heavy atom. The zero-order chi connectivity index (χ0) is 17.3. The maximum atomic E-state index is 12.7. The second-order valence-electron chi connectivity index (χ2n) is 6.69. The first-order valence-electron chi connectivity index (χ1n) is 8.39. The van der Waals surface area contributed by atoms with E-state index in [0.29, 0.717) is 22.9 Å². The van der Waals surface area contributed by atoms with Crippen LogP contribution in [0.15, 0.2) is 35.4 Å². The highest BCUT2D eigenvalue weighted by molar-refractivity contribution is 5.79. The van der Waals surface area contributed by atoms with E-state index in [0.717, 1.165) is 19.5 Å². The summed E-state index contributed by atoms with van der Waals surface area (Å²) in [5.74, 6) is 0.465. The second-order valence-corrected chi connectivity index (χ2v) is 6.69. The molecule has 1 amide bonds. The molecule has 1 aromatic heterocycles. The Bertz CT molecular complexity index is 799. The number of para-hydroxylation sites is 1. The van der Waals surface area contributed by atoms with Gasteiger partial charge < -0.3 is 9.80 Å². The number of hydrogen-bond acceptors (Lipinski definition) is 4. The molecule has 0 saturated carbocycles. The van der Waals surface area contributed by atoms with Crippen LogP contribution in [0.4, 0.5) is 0 Å². The van der Waals surface area contributed by atoms with E-state index >= 15 is 0 Å². The van der Waals surface area contributed by atoms with E-state index in [1.54, 1.807) is 12.1 Å². The van der Waals surface area contributed by atoms with Gasteiger partial charge in [0.25, 0.3) is 5.56 Å².